The fourth-order valence-electron chi connectivity index (χ4n) is 2.53. The highest BCUT2D eigenvalue weighted by Gasteiger charge is 2.29. The molecule has 19 heavy (non-hydrogen) atoms. The van der Waals surface area contributed by atoms with E-state index in [0.717, 1.165) is 37.4 Å². The number of hydrogen-bond donors (Lipinski definition) is 1. The summed E-state index contributed by atoms with van der Waals surface area (Å²) in [6.07, 6.45) is 0. The molecule has 0 amide bonds. The van der Waals surface area contributed by atoms with Crippen LogP contribution in [0.3, 0.4) is 0 Å². The lowest BCUT2D eigenvalue weighted by atomic mass is 10.0. The van der Waals surface area contributed by atoms with Crippen LogP contribution in [0.4, 0.5) is 5.69 Å². The van der Waals surface area contributed by atoms with E-state index in [1.54, 1.807) is 0 Å². The highest BCUT2D eigenvalue weighted by Crippen LogP contribution is 2.23. The molecule has 2 rings (SSSR count). The molecule has 102 valence electrons. The maximum absolute atomic E-state index is 9.16. The molecule has 0 radical (unpaired) electrons. The molecule has 0 aliphatic carbocycles. The lowest BCUT2D eigenvalue weighted by Crippen LogP contribution is -2.57. The highest BCUT2D eigenvalue weighted by atomic mass is 15.3. The van der Waals surface area contributed by atoms with E-state index in [4.69, 9.17) is 11.0 Å². The predicted octanol–water partition coefficient (Wildman–Crippen LogP) is 1.42. The summed E-state index contributed by atoms with van der Waals surface area (Å²) >= 11 is 0. The fourth-order valence-corrected chi connectivity index (χ4v) is 2.53. The Labute approximate surface area is 115 Å². The van der Waals surface area contributed by atoms with Gasteiger partial charge in [-0.1, -0.05) is 12.1 Å². The minimum absolute atomic E-state index is 0.0564. The smallest absolute Gasteiger partial charge is 0.101 e. The maximum atomic E-state index is 9.16. The Bertz CT molecular complexity index is 467. The second-order valence-electron chi connectivity index (χ2n) is 5.62. The zero-order chi connectivity index (χ0) is 13.9. The van der Waals surface area contributed by atoms with Crippen molar-refractivity contribution in [3.05, 3.63) is 29.8 Å². The summed E-state index contributed by atoms with van der Waals surface area (Å²) in [5.74, 6) is 0. The third-order valence-corrected chi connectivity index (χ3v) is 4.00. The normalized spacial score (nSPS) is 17.3. The quantitative estimate of drug-likeness (QED) is 0.891. The molecule has 0 aromatic heterocycles. The molecular weight excluding hydrogens is 236 g/mol. The molecule has 0 unspecified atom stereocenters. The summed E-state index contributed by atoms with van der Waals surface area (Å²) in [5.41, 5.74) is 7.70. The number of hydrogen-bond acceptors (Lipinski definition) is 4. The molecule has 4 nitrogen and oxygen atoms in total. The molecule has 1 saturated heterocycles. The van der Waals surface area contributed by atoms with Crippen molar-refractivity contribution in [1.29, 1.82) is 5.26 Å². The topological polar surface area (TPSA) is 56.3 Å². The van der Waals surface area contributed by atoms with E-state index in [2.05, 4.69) is 29.7 Å². The standard InChI is InChI=1S/C15H22N4/c1-15(2,12-17)19-9-7-18(8-10-19)14-6-4-3-5-13(14)11-16/h3-6H,7-10,12,17H2,1-2H3. The van der Waals surface area contributed by atoms with Gasteiger partial charge in [0.2, 0.25) is 0 Å². The van der Waals surface area contributed by atoms with E-state index in [-0.39, 0.29) is 5.54 Å². The van der Waals surface area contributed by atoms with E-state index >= 15 is 0 Å². The van der Waals surface area contributed by atoms with Crippen LogP contribution in [0.2, 0.25) is 0 Å². The average Bonchev–Trinajstić information content (AvgIpc) is 2.47. The van der Waals surface area contributed by atoms with Crippen LogP contribution in [-0.4, -0.2) is 43.2 Å². The summed E-state index contributed by atoms with van der Waals surface area (Å²) in [6.45, 7) is 8.91. The van der Waals surface area contributed by atoms with Gasteiger partial charge in [-0.25, -0.2) is 0 Å². The van der Waals surface area contributed by atoms with E-state index < -0.39 is 0 Å². The fraction of sp³-hybridized carbons (Fsp3) is 0.533. The summed E-state index contributed by atoms with van der Waals surface area (Å²) in [6, 6.07) is 10.1. The first-order valence-electron chi connectivity index (χ1n) is 6.77. The van der Waals surface area contributed by atoms with Gasteiger partial charge in [0.05, 0.1) is 11.3 Å². The van der Waals surface area contributed by atoms with E-state index in [0.29, 0.717) is 6.54 Å². The molecule has 1 aliphatic heterocycles. The lowest BCUT2D eigenvalue weighted by Gasteiger charge is -2.44. The number of piperazine rings is 1. The van der Waals surface area contributed by atoms with Crippen molar-refractivity contribution in [2.24, 2.45) is 5.73 Å². The first kappa shape index (κ1) is 13.9. The summed E-state index contributed by atoms with van der Waals surface area (Å²) in [4.78, 5) is 4.72. The molecule has 0 bridgehead atoms. The molecule has 1 aromatic rings. The van der Waals surface area contributed by atoms with Gasteiger partial charge in [0, 0.05) is 38.3 Å². The number of benzene rings is 1. The van der Waals surface area contributed by atoms with Crippen molar-refractivity contribution in [3.8, 4) is 6.07 Å². The SMILES string of the molecule is CC(C)(CN)N1CCN(c2ccccc2C#N)CC1. The van der Waals surface area contributed by atoms with Gasteiger partial charge in [0.15, 0.2) is 0 Å². The van der Waals surface area contributed by atoms with Crippen molar-refractivity contribution in [3.63, 3.8) is 0 Å². The lowest BCUT2D eigenvalue weighted by molar-refractivity contribution is 0.119. The zero-order valence-electron chi connectivity index (χ0n) is 11.8. The van der Waals surface area contributed by atoms with Crippen LogP contribution in [0.1, 0.15) is 19.4 Å². The van der Waals surface area contributed by atoms with Gasteiger partial charge in [0.1, 0.15) is 6.07 Å². The van der Waals surface area contributed by atoms with E-state index in [1.165, 1.54) is 0 Å². The van der Waals surface area contributed by atoms with Gasteiger partial charge in [-0.05, 0) is 26.0 Å². The van der Waals surface area contributed by atoms with Crippen LogP contribution in [0, 0.1) is 11.3 Å². The molecule has 1 aromatic carbocycles. The van der Waals surface area contributed by atoms with Crippen LogP contribution in [-0.2, 0) is 0 Å². The van der Waals surface area contributed by atoms with Gasteiger partial charge in [-0.15, -0.1) is 0 Å². The maximum Gasteiger partial charge on any atom is 0.101 e. The first-order chi connectivity index (χ1) is 9.08. The number of rotatable bonds is 3. The molecule has 4 heteroatoms. The molecule has 0 spiro atoms. The molecule has 1 aliphatic rings. The minimum atomic E-state index is 0.0564. The van der Waals surface area contributed by atoms with E-state index in [9.17, 15) is 0 Å². The van der Waals surface area contributed by atoms with Crippen LogP contribution in [0.5, 0.6) is 0 Å². The molecule has 1 fully saturated rings. The summed E-state index contributed by atoms with van der Waals surface area (Å²) in [5, 5.41) is 9.16. The minimum Gasteiger partial charge on any atom is -0.368 e. The van der Waals surface area contributed by atoms with Gasteiger partial charge >= 0.3 is 0 Å². The Morgan fingerprint density at radius 1 is 1.21 bits per heavy atom. The molecule has 2 N–H and O–H groups in total. The number of para-hydroxylation sites is 1. The van der Waals surface area contributed by atoms with Crippen molar-refractivity contribution < 1.29 is 0 Å². The van der Waals surface area contributed by atoms with Gasteiger partial charge in [0.25, 0.3) is 0 Å². The Morgan fingerprint density at radius 2 is 1.84 bits per heavy atom. The predicted molar refractivity (Wildman–Crippen MR) is 78.1 cm³/mol. The first-order valence-corrected chi connectivity index (χ1v) is 6.77. The highest BCUT2D eigenvalue weighted by molar-refractivity contribution is 5.59. The third kappa shape index (κ3) is 2.89. The van der Waals surface area contributed by atoms with Crippen LogP contribution in [0.25, 0.3) is 0 Å². The van der Waals surface area contributed by atoms with Crippen molar-refractivity contribution in [2.45, 2.75) is 19.4 Å². The Kier molecular flexibility index (Phi) is 4.08. The molecule has 0 atom stereocenters. The van der Waals surface area contributed by atoms with Crippen LogP contribution >= 0.6 is 0 Å². The molecular formula is C15H22N4. The number of anilines is 1. The van der Waals surface area contributed by atoms with Crippen molar-refractivity contribution in [1.82, 2.24) is 4.90 Å². The third-order valence-electron chi connectivity index (χ3n) is 4.00. The van der Waals surface area contributed by atoms with E-state index in [1.807, 2.05) is 24.3 Å². The Hall–Kier alpha value is -1.57. The summed E-state index contributed by atoms with van der Waals surface area (Å²) < 4.78 is 0. The average molecular weight is 258 g/mol. The van der Waals surface area contributed by atoms with Crippen molar-refractivity contribution >= 4 is 5.69 Å². The second-order valence-corrected chi connectivity index (χ2v) is 5.62. The monoisotopic (exact) mass is 258 g/mol. The van der Waals surface area contributed by atoms with Gasteiger partial charge in [-0.2, -0.15) is 5.26 Å². The zero-order valence-corrected chi connectivity index (χ0v) is 11.8. The number of nitrogens with two attached hydrogens (primary N) is 1. The largest absolute Gasteiger partial charge is 0.368 e. The Morgan fingerprint density at radius 3 is 2.42 bits per heavy atom. The van der Waals surface area contributed by atoms with Gasteiger partial charge < -0.3 is 10.6 Å². The molecule has 1 heterocycles. The number of nitrogens with zero attached hydrogens (tertiary/aromatic N) is 3. The number of nitriles is 1. The summed E-state index contributed by atoms with van der Waals surface area (Å²) in [7, 11) is 0. The second kappa shape index (κ2) is 5.60. The van der Waals surface area contributed by atoms with Gasteiger partial charge in [-0.3, -0.25) is 4.90 Å². The van der Waals surface area contributed by atoms with Crippen LogP contribution in [0.15, 0.2) is 24.3 Å². The Balaban J connectivity index is 2.07. The molecule has 0 saturated carbocycles. The van der Waals surface area contributed by atoms with Crippen LogP contribution < -0.4 is 10.6 Å². The van der Waals surface area contributed by atoms with Crippen molar-refractivity contribution in [2.75, 3.05) is 37.6 Å².